The van der Waals surface area contributed by atoms with Gasteiger partial charge >= 0.3 is 6.03 Å². The second-order valence-electron chi connectivity index (χ2n) is 9.50. The van der Waals surface area contributed by atoms with E-state index in [2.05, 4.69) is 54.6 Å². The molecule has 2 heterocycles. The maximum Gasteiger partial charge on any atom is 0.322 e. The van der Waals surface area contributed by atoms with Crippen LogP contribution in [-0.4, -0.2) is 47.6 Å². The van der Waals surface area contributed by atoms with Crippen molar-refractivity contribution in [2.24, 2.45) is 0 Å². The van der Waals surface area contributed by atoms with Crippen LogP contribution in [-0.2, 0) is 5.54 Å². The summed E-state index contributed by atoms with van der Waals surface area (Å²) in [5, 5.41) is 4.26. The fourth-order valence-corrected chi connectivity index (χ4v) is 5.73. The summed E-state index contributed by atoms with van der Waals surface area (Å²) in [5.41, 5.74) is 2.81. The SMILES string of the molecule is CC(=O)n1ccc2c(N3C[C@]4(CC[C@](c5ccccc5)(N(C)C)CC4)NC3=O)cccc21. The van der Waals surface area contributed by atoms with Gasteiger partial charge in [0.2, 0.25) is 5.91 Å². The van der Waals surface area contributed by atoms with Gasteiger partial charge in [0.05, 0.1) is 23.3 Å². The molecule has 2 aliphatic rings. The summed E-state index contributed by atoms with van der Waals surface area (Å²) >= 11 is 0. The lowest BCUT2D eigenvalue weighted by Crippen LogP contribution is -2.54. The average Bonchev–Trinajstić information content (AvgIpc) is 3.36. The molecule has 6 nitrogen and oxygen atoms in total. The van der Waals surface area contributed by atoms with Crippen molar-refractivity contribution >= 4 is 28.5 Å². The number of carbonyl (C=O) groups excluding carboxylic acids is 2. The molecule has 0 bridgehead atoms. The molecule has 1 aliphatic carbocycles. The first-order valence-electron chi connectivity index (χ1n) is 11.3. The number of anilines is 1. The van der Waals surface area contributed by atoms with Gasteiger partial charge in [-0.25, -0.2) is 4.79 Å². The van der Waals surface area contributed by atoms with E-state index >= 15 is 0 Å². The second kappa shape index (κ2) is 7.48. The highest BCUT2D eigenvalue weighted by Crippen LogP contribution is 2.46. The Hall–Kier alpha value is -3.12. The summed E-state index contributed by atoms with van der Waals surface area (Å²) in [4.78, 5) is 29.3. The molecule has 6 heteroatoms. The highest BCUT2D eigenvalue weighted by atomic mass is 16.2. The van der Waals surface area contributed by atoms with Gasteiger partial charge in [0.15, 0.2) is 0 Å². The predicted molar refractivity (Wildman–Crippen MR) is 127 cm³/mol. The molecule has 2 aromatic carbocycles. The van der Waals surface area contributed by atoms with Crippen LogP contribution in [0.4, 0.5) is 10.5 Å². The Bertz CT molecular complexity index is 1170. The van der Waals surface area contributed by atoms with Crippen LogP contribution < -0.4 is 10.2 Å². The van der Waals surface area contributed by atoms with Crippen molar-refractivity contribution in [1.82, 2.24) is 14.8 Å². The monoisotopic (exact) mass is 430 g/mol. The van der Waals surface area contributed by atoms with Crippen LogP contribution in [0.1, 0.15) is 43.0 Å². The Morgan fingerprint density at radius 2 is 1.69 bits per heavy atom. The smallest absolute Gasteiger partial charge is 0.322 e. The molecule has 2 amide bonds. The van der Waals surface area contributed by atoms with Crippen LogP contribution in [0.25, 0.3) is 10.9 Å². The number of rotatable bonds is 3. The molecule has 0 atom stereocenters. The molecule has 3 aromatic rings. The van der Waals surface area contributed by atoms with E-state index in [4.69, 9.17) is 0 Å². The van der Waals surface area contributed by atoms with Crippen molar-refractivity contribution < 1.29 is 9.59 Å². The molecule has 166 valence electrons. The van der Waals surface area contributed by atoms with Crippen LogP contribution in [0.3, 0.4) is 0 Å². The van der Waals surface area contributed by atoms with Gasteiger partial charge in [0.25, 0.3) is 0 Å². The number of benzene rings is 2. The molecule has 1 spiro atoms. The number of amides is 2. The van der Waals surface area contributed by atoms with E-state index < -0.39 is 0 Å². The lowest BCUT2D eigenvalue weighted by molar-refractivity contribution is 0.0658. The van der Waals surface area contributed by atoms with E-state index in [1.54, 1.807) is 17.7 Å². The maximum atomic E-state index is 13.1. The van der Waals surface area contributed by atoms with Crippen molar-refractivity contribution in [3.05, 3.63) is 66.4 Å². The Labute approximate surface area is 188 Å². The molecule has 1 saturated heterocycles. The van der Waals surface area contributed by atoms with Gasteiger partial charge in [-0.1, -0.05) is 36.4 Å². The maximum absolute atomic E-state index is 13.1. The van der Waals surface area contributed by atoms with Crippen molar-refractivity contribution in [2.75, 3.05) is 25.5 Å². The summed E-state index contributed by atoms with van der Waals surface area (Å²) in [6.07, 6.45) is 5.61. The first-order valence-corrected chi connectivity index (χ1v) is 11.3. The summed E-state index contributed by atoms with van der Waals surface area (Å²) < 4.78 is 1.63. The Kier molecular flexibility index (Phi) is 4.86. The number of fused-ring (bicyclic) bond motifs is 1. The Morgan fingerprint density at radius 3 is 2.34 bits per heavy atom. The first kappa shape index (κ1) is 20.8. The molecule has 0 radical (unpaired) electrons. The van der Waals surface area contributed by atoms with E-state index in [1.807, 2.05) is 29.2 Å². The lowest BCUT2D eigenvalue weighted by atomic mass is 9.69. The Balaban J connectivity index is 1.43. The molecule has 1 N–H and O–H groups in total. The number of aromatic nitrogens is 1. The van der Waals surface area contributed by atoms with Gasteiger partial charge in [0, 0.05) is 24.0 Å². The van der Waals surface area contributed by atoms with Gasteiger partial charge in [-0.05, 0) is 63.5 Å². The predicted octanol–water partition coefficient (Wildman–Crippen LogP) is 4.60. The zero-order valence-electron chi connectivity index (χ0n) is 19.0. The molecule has 1 saturated carbocycles. The second-order valence-corrected chi connectivity index (χ2v) is 9.50. The third kappa shape index (κ3) is 3.13. The van der Waals surface area contributed by atoms with E-state index in [0.29, 0.717) is 6.54 Å². The number of hydrogen-bond donors (Lipinski definition) is 1. The van der Waals surface area contributed by atoms with Gasteiger partial charge in [-0.15, -0.1) is 0 Å². The summed E-state index contributed by atoms with van der Waals surface area (Å²) in [6.45, 7) is 2.20. The van der Waals surface area contributed by atoms with E-state index in [1.165, 1.54) is 5.56 Å². The Morgan fingerprint density at radius 1 is 0.969 bits per heavy atom. The van der Waals surface area contributed by atoms with Crippen LogP contribution >= 0.6 is 0 Å². The topological polar surface area (TPSA) is 57.6 Å². The average molecular weight is 431 g/mol. The van der Waals surface area contributed by atoms with Crippen molar-refractivity contribution in [2.45, 2.75) is 43.7 Å². The third-order valence-electron chi connectivity index (χ3n) is 7.62. The first-order chi connectivity index (χ1) is 15.4. The third-order valence-corrected chi connectivity index (χ3v) is 7.62. The van der Waals surface area contributed by atoms with E-state index in [9.17, 15) is 9.59 Å². The van der Waals surface area contributed by atoms with Crippen LogP contribution in [0, 0.1) is 0 Å². The molecule has 1 aliphatic heterocycles. The number of urea groups is 1. The summed E-state index contributed by atoms with van der Waals surface area (Å²) in [6, 6.07) is 18.4. The minimum Gasteiger partial charge on any atom is -0.330 e. The molecule has 1 aromatic heterocycles. The largest absolute Gasteiger partial charge is 0.330 e. The van der Waals surface area contributed by atoms with Crippen LogP contribution in [0.2, 0.25) is 0 Å². The summed E-state index contributed by atoms with van der Waals surface area (Å²) in [7, 11) is 4.32. The van der Waals surface area contributed by atoms with Gasteiger partial charge < -0.3 is 5.32 Å². The zero-order valence-corrected chi connectivity index (χ0v) is 19.0. The van der Waals surface area contributed by atoms with Crippen molar-refractivity contribution in [3.8, 4) is 0 Å². The van der Waals surface area contributed by atoms with E-state index in [0.717, 1.165) is 42.3 Å². The highest BCUT2D eigenvalue weighted by molar-refractivity contribution is 6.06. The highest BCUT2D eigenvalue weighted by Gasteiger charge is 2.50. The van der Waals surface area contributed by atoms with Crippen molar-refractivity contribution in [1.29, 1.82) is 0 Å². The molecule has 5 rings (SSSR count). The standard InChI is InChI=1S/C26H30N4O2/c1-19(31)29-17-12-21-22(29)10-7-11-23(21)30-18-25(27-24(30)32)13-15-26(16-14-25,28(2)3)20-8-5-4-6-9-20/h4-12,17H,13-16,18H2,1-3H3,(H,27,32)/t25-,26+. The molecule has 2 fully saturated rings. The van der Waals surface area contributed by atoms with Gasteiger partial charge in [-0.2, -0.15) is 0 Å². The summed E-state index contributed by atoms with van der Waals surface area (Å²) in [5.74, 6) is -0.0345. The van der Waals surface area contributed by atoms with E-state index in [-0.39, 0.29) is 23.0 Å². The minimum absolute atomic E-state index is 0.0105. The zero-order chi connectivity index (χ0) is 22.5. The van der Waals surface area contributed by atoms with Gasteiger partial charge in [0.1, 0.15) is 0 Å². The van der Waals surface area contributed by atoms with Gasteiger partial charge in [-0.3, -0.25) is 19.2 Å². The van der Waals surface area contributed by atoms with Crippen LogP contribution in [0.5, 0.6) is 0 Å². The molecular formula is C26H30N4O2. The number of nitrogens with one attached hydrogen (secondary N) is 1. The molecule has 0 unspecified atom stereocenters. The lowest BCUT2D eigenvalue weighted by Gasteiger charge is -2.48. The number of hydrogen-bond acceptors (Lipinski definition) is 3. The molecule has 32 heavy (non-hydrogen) atoms. The van der Waals surface area contributed by atoms with Crippen LogP contribution in [0.15, 0.2) is 60.8 Å². The quantitative estimate of drug-likeness (QED) is 0.661. The van der Waals surface area contributed by atoms with Crippen molar-refractivity contribution in [3.63, 3.8) is 0 Å². The fourth-order valence-electron chi connectivity index (χ4n) is 5.73. The normalized spacial score (nSPS) is 25.6. The number of carbonyl (C=O) groups is 2. The fraction of sp³-hybridized carbons (Fsp3) is 0.385. The molecular weight excluding hydrogens is 400 g/mol. The number of nitrogens with zero attached hydrogens (tertiary/aromatic N) is 3. The minimum atomic E-state index is -0.226.